The number of aryl methyl sites for hydroxylation is 1. The molecule has 2 heteroatoms. The van der Waals surface area contributed by atoms with Gasteiger partial charge >= 0.3 is 0 Å². The SMILES string of the molecule is Cc1cc(CCN)ccc1N1CCC(C)C1. The Morgan fingerprint density at radius 2 is 2.25 bits per heavy atom. The van der Waals surface area contributed by atoms with Gasteiger partial charge in [-0.15, -0.1) is 0 Å². The largest absolute Gasteiger partial charge is 0.371 e. The third-order valence-electron chi connectivity index (χ3n) is 3.46. The van der Waals surface area contributed by atoms with Crippen LogP contribution in [0.2, 0.25) is 0 Å². The molecule has 0 aromatic heterocycles. The predicted molar refractivity (Wildman–Crippen MR) is 69.9 cm³/mol. The first-order chi connectivity index (χ1) is 7.70. The lowest BCUT2D eigenvalue weighted by molar-refractivity contribution is 0.659. The minimum absolute atomic E-state index is 0.736. The van der Waals surface area contributed by atoms with E-state index in [-0.39, 0.29) is 0 Å². The van der Waals surface area contributed by atoms with Crippen LogP contribution in [0.1, 0.15) is 24.5 Å². The van der Waals surface area contributed by atoms with E-state index in [1.807, 2.05) is 0 Å². The van der Waals surface area contributed by atoms with E-state index in [0.717, 1.165) is 18.9 Å². The maximum atomic E-state index is 5.58. The molecule has 16 heavy (non-hydrogen) atoms. The van der Waals surface area contributed by atoms with Gasteiger partial charge in [-0.2, -0.15) is 0 Å². The fourth-order valence-corrected chi connectivity index (χ4v) is 2.55. The number of benzene rings is 1. The van der Waals surface area contributed by atoms with Gasteiger partial charge in [0, 0.05) is 18.8 Å². The van der Waals surface area contributed by atoms with E-state index in [0.29, 0.717) is 0 Å². The summed E-state index contributed by atoms with van der Waals surface area (Å²) < 4.78 is 0. The van der Waals surface area contributed by atoms with Gasteiger partial charge in [0.1, 0.15) is 0 Å². The summed E-state index contributed by atoms with van der Waals surface area (Å²) in [4.78, 5) is 2.51. The molecule has 2 N–H and O–H groups in total. The van der Waals surface area contributed by atoms with Crippen LogP contribution < -0.4 is 10.6 Å². The molecule has 1 fully saturated rings. The molecule has 1 heterocycles. The Kier molecular flexibility index (Phi) is 3.49. The second-order valence-corrected chi connectivity index (χ2v) is 5.00. The Labute approximate surface area is 98.4 Å². The smallest absolute Gasteiger partial charge is 0.0396 e. The minimum atomic E-state index is 0.736. The Morgan fingerprint density at radius 3 is 2.81 bits per heavy atom. The molecule has 0 saturated carbocycles. The molecule has 2 rings (SSSR count). The van der Waals surface area contributed by atoms with Crippen molar-refractivity contribution in [2.75, 3.05) is 24.5 Å². The summed E-state index contributed by atoms with van der Waals surface area (Å²) in [5, 5.41) is 0. The van der Waals surface area contributed by atoms with Gasteiger partial charge in [-0.25, -0.2) is 0 Å². The molecule has 0 spiro atoms. The van der Waals surface area contributed by atoms with Crippen molar-refractivity contribution < 1.29 is 0 Å². The van der Waals surface area contributed by atoms with Crippen molar-refractivity contribution in [2.24, 2.45) is 11.7 Å². The van der Waals surface area contributed by atoms with E-state index < -0.39 is 0 Å². The van der Waals surface area contributed by atoms with Crippen LogP contribution in [0, 0.1) is 12.8 Å². The Bertz CT molecular complexity index is 360. The second-order valence-electron chi connectivity index (χ2n) is 5.00. The van der Waals surface area contributed by atoms with Crippen LogP contribution >= 0.6 is 0 Å². The van der Waals surface area contributed by atoms with Crippen LogP contribution in [-0.4, -0.2) is 19.6 Å². The number of hydrogen-bond acceptors (Lipinski definition) is 2. The zero-order chi connectivity index (χ0) is 11.5. The number of rotatable bonds is 3. The molecule has 0 bridgehead atoms. The zero-order valence-electron chi connectivity index (χ0n) is 10.4. The fraction of sp³-hybridized carbons (Fsp3) is 0.571. The first kappa shape index (κ1) is 11.5. The molecule has 0 aliphatic carbocycles. The molecule has 88 valence electrons. The third kappa shape index (κ3) is 2.38. The summed E-state index contributed by atoms with van der Waals surface area (Å²) in [7, 11) is 0. The topological polar surface area (TPSA) is 29.3 Å². The van der Waals surface area contributed by atoms with Crippen LogP contribution in [0.3, 0.4) is 0 Å². The minimum Gasteiger partial charge on any atom is -0.371 e. The summed E-state index contributed by atoms with van der Waals surface area (Å²) in [5.74, 6) is 0.836. The molecule has 1 aliphatic rings. The van der Waals surface area contributed by atoms with Gasteiger partial charge in [-0.05, 0) is 49.4 Å². The van der Waals surface area contributed by atoms with Gasteiger partial charge in [0.2, 0.25) is 0 Å². The van der Waals surface area contributed by atoms with E-state index in [2.05, 4.69) is 36.9 Å². The quantitative estimate of drug-likeness (QED) is 0.843. The molecule has 0 amide bonds. The van der Waals surface area contributed by atoms with Gasteiger partial charge in [-0.3, -0.25) is 0 Å². The highest BCUT2D eigenvalue weighted by Crippen LogP contribution is 2.27. The molecule has 1 unspecified atom stereocenters. The first-order valence-electron chi connectivity index (χ1n) is 6.25. The predicted octanol–water partition coefficient (Wildman–Crippen LogP) is 2.34. The van der Waals surface area contributed by atoms with Crippen LogP contribution in [0.4, 0.5) is 5.69 Å². The molecule has 1 atom stereocenters. The standard InChI is InChI=1S/C14H22N2/c1-11-6-8-16(10-11)14-4-3-13(5-7-15)9-12(14)2/h3-4,9,11H,5-8,10,15H2,1-2H3. The number of nitrogens with zero attached hydrogens (tertiary/aromatic N) is 1. The van der Waals surface area contributed by atoms with Crippen molar-refractivity contribution in [2.45, 2.75) is 26.7 Å². The molecule has 1 saturated heterocycles. The van der Waals surface area contributed by atoms with Crippen LogP contribution in [0.5, 0.6) is 0 Å². The van der Waals surface area contributed by atoms with Crippen LogP contribution in [0.25, 0.3) is 0 Å². The van der Waals surface area contributed by atoms with Crippen molar-refractivity contribution in [3.63, 3.8) is 0 Å². The highest BCUT2D eigenvalue weighted by molar-refractivity contribution is 5.55. The zero-order valence-corrected chi connectivity index (χ0v) is 10.4. The molecule has 2 nitrogen and oxygen atoms in total. The summed E-state index contributed by atoms with van der Waals surface area (Å²) in [6, 6.07) is 6.77. The molecule has 1 aromatic rings. The lowest BCUT2D eigenvalue weighted by Crippen LogP contribution is -2.20. The maximum Gasteiger partial charge on any atom is 0.0396 e. The first-order valence-corrected chi connectivity index (χ1v) is 6.25. The molecule has 1 aromatic carbocycles. The van der Waals surface area contributed by atoms with Crippen molar-refractivity contribution in [1.82, 2.24) is 0 Å². The van der Waals surface area contributed by atoms with E-state index in [4.69, 9.17) is 5.73 Å². The van der Waals surface area contributed by atoms with Crippen molar-refractivity contribution >= 4 is 5.69 Å². The van der Waals surface area contributed by atoms with E-state index in [1.165, 1.54) is 36.3 Å². The highest BCUT2D eigenvalue weighted by atomic mass is 15.1. The summed E-state index contributed by atoms with van der Waals surface area (Å²) in [5.41, 5.74) is 9.73. The molecular weight excluding hydrogens is 196 g/mol. The monoisotopic (exact) mass is 218 g/mol. The van der Waals surface area contributed by atoms with Crippen molar-refractivity contribution in [3.8, 4) is 0 Å². The highest BCUT2D eigenvalue weighted by Gasteiger charge is 2.19. The Hall–Kier alpha value is -1.02. The summed E-state index contributed by atoms with van der Waals surface area (Å²) in [6.45, 7) is 7.69. The van der Waals surface area contributed by atoms with Crippen molar-refractivity contribution in [3.05, 3.63) is 29.3 Å². The van der Waals surface area contributed by atoms with Crippen molar-refractivity contribution in [1.29, 1.82) is 0 Å². The lowest BCUT2D eigenvalue weighted by Gasteiger charge is -2.21. The van der Waals surface area contributed by atoms with E-state index in [1.54, 1.807) is 0 Å². The Balaban J connectivity index is 2.16. The van der Waals surface area contributed by atoms with Gasteiger partial charge in [0.05, 0.1) is 0 Å². The second kappa shape index (κ2) is 4.88. The molecule has 1 aliphatic heterocycles. The van der Waals surface area contributed by atoms with Gasteiger partial charge in [-0.1, -0.05) is 19.1 Å². The van der Waals surface area contributed by atoms with Gasteiger partial charge in [0.25, 0.3) is 0 Å². The maximum absolute atomic E-state index is 5.58. The fourth-order valence-electron chi connectivity index (χ4n) is 2.55. The molecule has 0 radical (unpaired) electrons. The average Bonchev–Trinajstić information content (AvgIpc) is 2.65. The van der Waals surface area contributed by atoms with Crippen LogP contribution in [0.15, 0.2) is 18.2 Å². The van der Waals surface area contributed by atoms with E-state index in [9.17, 15) is 0 Å². The summed E-state index contributed by atoms with van der Waals surface area (Å²) in [6.07, 6.45) is 2.31. The van der Waals surface area contributed by atoms with E-state index >= 15 is 0 Å². The molecular formula is C14H22N2. The average molecular weight is 218 g/mol. The Morgan fingerprint density at radius 1 is 1.44 bits per heavy atom. The summed E-state index contributed by atoms with van der Waals surface area (Å²) >= 11 is 0. The number of anilines is 1. The lowest BCUT2D eigenvalue weighted by atomic mass is 10.1. The van der Waals surface area contributed by atoms with Gasteiger partial charge < -0.3 is 10.6 Å². The number of nitrogens with two attached hydrogens (primary N) is 1. The van der Waals surface area contributed by atoms with Gasteiger partial charge in [0.15, 0.2) is 0 Å². The normalized spacial score (nSPS) is 20.4. The number of hydrogen-bond donors (Lipinski definition) is 1. The third-order valence-corrected chi connectivity index (χ3v) is 3.46. The van der Waals surface area contributed by atoms with Crippen LogP contribution in [-0.2, 0) is 6.42 Å².